The summed E-state index contributed by atoms with van der Waals surface area (Å²) in [6, 6.07) is 9.74. The molecule has 2 N–H and O–H groups in total. The van der Waals surface area contributed by atoms with Crippen LogP contribution in [0, 0.1) is 0 Å². The van der Waals surface area contributed by atoms with Crippen molar-refractivity contribution < 1.29 is 19.1 Å². The van der Waals surface area contributed by atoms with E-state index in [1.165, 1.54) is 0 Å². The van der Waals surface area contributed by atoms with Gasteiger partial charge in [-0.2, -0.15) is 0 Å². The van der Waals surface area contributed by atoms with E-state index in [2.05, 4.69) is 15.5 Å². The highest BCUT2D eigenvalue weighted by Gasteiger charge is 2.22. The summed E-state index contributed by atoms with van der Waals surface area (Å²) in [5.74, 6) is 0. The second-order valence-electron chi connectivity index (χ2n) is 8.10. The molecule has 2 amide bonds. The third-order valence-corrected chi connectivity index (χ3v) is 4.45. The van der Waals surface area contributed by atoms with E-state index < -0.39 is 11.7 Å². The number of likely N-dealkylation sites (tertiary alicyclic amines) is 1. The van der Waals surface area contributed by atoms with Gasteiger partial charge in [0.25, 0.3) is 0 Å². The lowest BCUT2D eigenvalue weighted by Gasteiger charge is -2.23. The Bertz CT molecular complexity index is 616. The molecule has 1 aliphatic rings. The topological polar surface area (TPSA) is 79.9 Å². The molecule has 0 aromatic heterocycles. The van der Waals surface area contributed by atoms with Crippen molar-refractivity contribution in [1.82, 2.24) is 15.5 Å². The van der Waals surface area contributed by atoms with Gasteiger partial charge in [-0.15, -0.1) is 0 Å². The minimum Gasteiger partial charge on any atom is -0.445 e. The van der Waals surface area contributed by atoms with Gasteiger partial charge in [-0.05, 0) is 52.1 Å². The van der Waals surface area contributed by atoms with Crippen LogP contribution in [0.1, 0.15) is 45.6 Å². The maximum atomic E-state index is 11.9. The van der Waals surface area contributed by atoms with Crippen LogP contribution >= 0.6 is 0 Å². The zero-order chi connectivity index (χ0) is 20.4. The van der Waals surface area contributed by atoms with E-state index in [0.717, 1.165) is 44.5 Å². The van der Waals surface area contributed by atoms with Crippen LogP contribution in [-0.2, 0) is 16.1 Å². The molecule has 1 fully saturated rings. The summed E-state index contributed by atoms with van der Waals surface area (Å²) < 4.78 is 10.5. The molecular weight excluding hydrogens is 358 g/mol. The highest BCUT2D eigenvalue weighted by Crippen LogP contribution is 2.13. The standard InChI is InChI=1S/C21H33N3O4/c1-21(2,3)28-20(26)23-18-10-7-13-24(14-11-18)15-12-22-19(25)27-16-17-8-5-4-6-9-17/h4-6,8-9,18H,7,10-16H2,1-3H3,(H,22,25)(H,23,26). The maximum Gasteiger partial charge on any atom is 0.407 e. The van der Waals surface area contributed by atoms with Crippen LogP contribution in [0.5, 0.6) is 0 Å². The normalized spacial score (nSPS) is 18.0. The lowest BCUT2D eigenvalue weighted by molar-refractivity contribution is 0.0499. The lowest BCUT2D eigenvalue weighted by Crippen LogP contribution is -2.40. The summed E-state index contributed by atoms with van der Waals surface area (Å²) >= 11 is 0. The zero-order valence-corrected chi connectivity index (χ0v) is 17.2. The molecule has 1 unspecified atom stereocenters. The largest absolute Gasteiger partial charge is 0.445 e. The first-order chi connectivity index (χ1) is 13.3. The molecule has 0 bridgehead atoms. The van der Waals surface area contributed by atoms with Crippen molar-refractivity contribution in [2.45, 2.75) is 58.3 Å². The van der Waals surface area contributed by atoms with Crippen molar-refractivity contribution in [2.24, 2.45) is 0 Å². The Kier molecular flexibility index (Phi) is 8.57. The van der Waals surface area contributed by atoms with Crippen LogP contribution in [0.2, 0.25) is 0 Å². The number of carbonyl (C=O) groups excluding carboxylic acids is 2. The van der Waals surface area contributed by atoms with Crippen molar-refractivity contribution in [3.05, 3.63) is 35.9 Å². The Labute approximate surface area is 167 Å². The lowest BCUT2D eigenvalue weighted by atomic mass is 10.1. The molecule has 0 radical (unpaired) electrons. The van der Waals surface area contributed by atoms with E-state index in [9.17, 15) is 9.59 Å². The Hall–Kier alpha value is -2.28. The van der Waals surface area contributed by atoms with Crippen LogP contribution in [0.4, 0.5) is 9.59 Å². The number of benzene rings is 1. The molecule has 1 saturated heterocycles. The zero-order valence-electron chi connectivity index (χ0n) is 17.2. The van der Waals surface area contributed by atoms with Gasteiger partial charge in [0.05, 0.1) is 0 Å². The van der Waals surface area contributed by atoms with Gasteiger partial charge >= 0.3 is 12.2 Å². The van der Waals surface area contributed by atoms with Gasteiger partial charge in [-0.1, -0.05) is 30.3 Å². The molecule has 1 aromatic rings. The van der Waals surface area contributed by atoms with E-state index in [4.69, 9.17) is 9.47 Å². The molecule has 1 heterocycles. The van der Waals surface area contributed by atoms with Crippen molar-refractivity contribution in [1.29, 1.82) is 0 Å². The maximum absolute atomic E-state index is 11.9. The highest BCUT2D eigenvalue weighted by molar-refractivity contribution is 5.68. The molecule has 1 atom stereocenters. The average Bonchev–Trinajstić information content (AvgIpc) is 2.84. The van der Waals surface area contributed by atoms with Gasteiger partial charge in [0.1, 0.15) is 12.2 Å². The van der Waals surface area contributed by atoms with Gasteiger partial charge < -0.3 is 25.0 Å². The number of amides is 2. The first kappa shape index (κ1) is 22.0. The van der Waals surface area contributed by atoms with Crippen molar-refractivity contribution in [3.8, 4) is 0 Å². The Morgan fingerprint density at radius 2 is 1.86 bits per heavy atom. The molecule has 7 nitrogen and oxygen atoms in total. The van der Waals surface area contributed by atoms with Crippen LogP contribution in [0.25, 0.3) is 0 Å². The quantitative estimate of drug-likeness (QED) is 0.778. The molecule has 0 aliphatic carbocycles. The number of nitrogens with zero attached hydrogens (tertiary/aromatic N) is 1. The summed E-state index contributed by atoms with van der Waals surface area (Å²) in [5.41, 5.74) is 0.482. The highest BCUT2D eigenvalue weighted by atomic mass is 16.6. The van der Waals surface area contributed by atoms with E-state index in [1.54, 1.807) is 0 Å². The first-order valence-corrected chi connectivity index (χ1v) is 9.98. The third kappa shape index (κ3) is 9.08. The van der Waals surface area contributed by atoms with Gasteiger partial charge in [-0.25, -0.2) is 9.59 Å². The number of nitrogens with one attached hydrogen (secondary N) is 2. The SMILES string of the molecule is CC(C)(C)OC(=O)NC1CCCN(CCNC(=O)OCc2ccccc2)CC1. The number of ether oxygens (including phenoxy) is 2. The van der Waals surface area contributed by atoms with Gasteiger partial charge in [-0.3, -0.25) is 0 Å². The molecule has 156 valence electrons. The van der Waals surface area contributed by atoms with Crippen LogP contribution in [0.15, 0.2) is 30.3 Å². The molecule has 2 rings (SSSR count). The summed E-state index contributed by atoms with van der Waals surface area (Å²) in [5, 5.41) is 5.76. The monoisotopic (exact) mass is 391 g/mol. The van der Waals surface area contributed by atoms with E-state index >= 15 is 0 Å². The number of carbonyl (C=O) groups is 2. The van der Waals surface area contributed by atoms with Crippen molar-refractivity contribution >= 4 is 12.2 Å². The third-order valence-electron chi connectivity index (χ3n) is 4.45. The van der Waals surface area contributed by atoms with Gasteiger partial charge in [0.15, 0.2) is 0 Å². The van der Waals surface area contributed by atoms with E-state index in [0.29, 0.717) is 6.54 Å². The summed E-state index contributed by atoms with van der Waals surface area (Å²) in [4.78, 5) is 26.0. The van der Waals surface area contributed by atoms with Crippen molar-refractivity contribution in [3.63, 3.8) is 0 Å². The van der Waals surface area contributed by atoms with Gasteiger partial charge in [0.2, 0.25) is 0 Å². The molecule has 0 spiro atoms. The molecular formula is C21H33N3O4. The molecule has 28 heavy (non-hydrogen) atoms. The number of alkyl carbamates (subject to hydrolysis) is 2. The molecule has 1 aliphatic heterocycles. The Balaban J connectivity index is 1.61. The molecule has 7 heteroatoms. The number of rotatable bonds is 6. The van der Waals surface area contributed by atoms with Crippen molar-refractivity contribution in [2.75, 3.05) is 26.2 Å². The fraction of sp³-hybridized carbons (Fsp3) is 0.619. The molecule has 1 aromatic carbocycles. The summed E-state index contributed by atoms with van der Waals surface area (Å²) in [6.45, 7) is 8.98. The van der Waals surface area contributed by atoms with E-state index in [1.807, 2.05) is 51.1 Å². The Morgan fingerprint density at radius 3 is 2.57 bits per heavy atom. The Morgan fingerprint density at radius 1 is 1.11 bits per heavy atom. The fourth-order valence-electron chi connectivity index (χ4n) is 3.09. The second kappa shape index (κ2) is 10.9. The predicted molar refractivity (Wildman–Crippen MR) is 108 cm³/mol. The summed E-state index contributed by atoms with van der Waals surface area (Å²) in [6.07, 6.45) is 2.05. The fourth-order valence-corrected chi connectivity index (χ4v) is 3.09. The first-order valence-electron chi connectivity index (χ1n) is 9.98. The van der Waals surface area contributed by atoms with Crippen LogP contribution < -0.4 is 10.6 Å². The van der Waals surface area contributed by atoms with Crippen LogP contribution in [0.3, 0.4) is 0 Å². The minimum absolute atomic E-state index is 0.128. The summed E-state index contributed by atoms with van der Waals surface area (Å²) in [7, 11) is 0. The number of hydrogen-bond donors (Lipinski definition) is 2. The molecule has 0 saturated carbocycles. The number of hydrogen-bond acceptors (Lipinski definition) is 5. The average molecular weight is 392 g/mol. The van der Waals surface area contributed by atoms with Crippen LogP contribution in [-0.4, -0.2) is 54.9 Å². The minimum atomic E-state index is -0.484. The second-order valence-corrected chi connectivity index (χ2v) is 8.10. The van der Waals surface area contributed by atoms with E-state index in [-0.39, 0.29) is 18.7 Å². The van der Waals surface area contributed by atoms with Gasteiger partial charge in [0, 0.05) is 25.7 Å². The predicted octanol–water partition coefficient (Wildman–Crippen LogP) is 3.29. The smallest absolute Gasteiger partial charge is 0.407 e.